The molecule has 0 heterocycles. The van der Waals surface area contributed by atoms with Gasteiger partial charge in [0.15, 0.2) is 0 Å². The van der Waals surface area contributed by atoms with Crippen molar-refractivity contribution in [1.29, 1.82) is 0 Å². The van der Waals surface area contributed by atoms with Crippen LogP contribution in [0.5, 0.6) is 0 Å². The Morgan fingerprint density at radius 1 is 1.38 bits per heavy atom. The fourth-order valence-electron chi connectivity index (χ4n) is 2.22. The van der Waals surface area contributed by atoms with Crippen LogP contribution in [0.1, 0.15) is 45.6 Å². The predicted molar refractivity (Wildman–Crippen MR) is 90.5 cm³/mol. The molecule has 0 aliphatic rings. The van der Waals surface area contributed by atoms with Gasteiger partial charge in [0.2, 0.25) is 5.91 Å². The fraction of sp³-hybridized carbons (Fsp3) is 0.588. The van der Waals surface area contributed by atoms with Crippen molar-refractivity contribution in [3.05, 3.63) is 23.8 Å². The first kappa shape index (κ1) is 17.5. The van der Waals surface area contributed by atoms with Crippen molar-refractivity contribution in [1.82, 2.24) is 4.90 Å². The van der Waals surface area contributed by atoms with Crippen molar-refractivity contribution < 1.29 is 4.79 Å². The van der Waals surface area contributed by atoms with E-state index in [1.165, 1.54) is 0 Å². The van der Waals surface area contributed by atoms with Crippen LogP contribution in [0.15, 0.2) is 18.2 Å². The summed E-state index contributed by atoms with van der Waals surface area (Å²) in [5.74, 6) is 0.0279. The highest BCUT2D eigenvalue weighted by molar-refractivity contribution is 5.93. The first-order chi connectivity index (χ1) is 9.97. The van der Waals surface area contributed by atoms with E-state index in [4.69, 9.17) is 5.73 Å². The average molecular weight is 291 g/mol. The highest BCUT2D eigenvalue weighted by Gasteiger charge is 2.16. The molecule has 0 saturated heterocycles. The third kappa shape index (κ3) is 5.76. The number of nitrogens with zero attached hydrogens (tertiary/aromatic N) is 1. The monoisotopic (exact) mass is 291 g/mol. The summed E-state index contributed by atoms with van der Waals surface area (Å²) in [7, 11) is 0. The highest BCUT2D eigenvalue weighted by Crippen LogP contribution is 2.18. The third-order valence-electron chi connectivity index (χ3n) is 3.90. The first-order valence-corrected chi connectivity index (χ1v) is 7.87. The van der Waals surface area contributed by atoms with Crippen LogP contribution >= 0.6 is 0 Å². The second-order valence-electron chi connectivity index (χ2n) is 5.70. The topological polar surface area (TPSA) is 58.4 Å². The molecule has 3 N–H and O–H groups in total. The van der Waals surface area contributed by atoms with Gasteiger partial charge in [0.1, 0.15) is 0 Å². The molecule has 0 radical (unpaired) electrons. The number of aryl methyl sites for hydroxylation is 1. The number of carbonyl (C=O) groups is 1. The van der Waals surface area contributed by atoms with Crippen molar-refractivity contribution in [2.24, 2.45) is 0 Å². The van der Waals surface area contributed by atoms with Gasteiger partial charge in [0, 0.05) is 17.4 Å². The van der Waals surface area contributed by atoms with Gasteiger partial charge in [-0.2, -0.15) is 0 Å². The van der Waals surface area contributed by atoms with Gasteiger partial charge in [-0.25, -0.2) is 0 Å². The number of anilines is 2. The summed E-state index contributed by atoms with van der Waals surface area (Å²) in [6.07, 6.45) is 3.31. The average Bonchev–Trinajstić information content (AvgIpc) is 2.46. The van der Waals surface area contributed by atoms with Gasteiger partial charge >= 0.3 is 0 Å². The van der Waals surface area contributed by atoms with Crippen molar-refractivity contribution in [2.75, 3.05) is 24.1 Å². The molecule has 0 fully saturated rings. The number of nitrogens with two attached hydrogens (primary N) is 1. The zero-order valence-electron chi connectivity index (χ0n) is 13.8. The molecule has 0 spiro atoms. The number of amides is 1. The minimum atomic E-state index is 0.0279. The summed E-state index contributed by atoms with van der Waals surface area (Å²) >= 11 is 0. The van der Waals surface area contributed by atoms with Gasteiger partial charge in [-0.1, -0.05) is 26.3 Å². The minimum Gasteiger partial charge on any atom is -0.399 e. The zero-order valence-corrected chi connectivity index (χ0v) is 13.8. The van der Waals surface area contributed by atoms with E-state index in [9.17, 15) is 4.79 Å². The summed E-state index contributed by atoms with van der Waals surface area (Å²) in [5, 5.41) is 2.98. The lowest BCUT2D eigenvalue weighted by molar-refractivity contribution is -0.117. The van der Waals surface area contributed by atoms with E-state index in [1.54, 1.807) is 0 Å². The van der Waals surface area contributed by atoms with Crippen molar-refractivity contribution in [2.45, 2.75) is 53.0 Å². The van der Waals surface area contributed by atoms with E-state index in [-0.39, 0.29) is 5.91 Å². The smallest absolute Gasteiger partial charge is 0.238 e. The van der Waals surface area contributed by atoms with Gasteiger partial charge in [-0.3, -0.25) is 9.69 Å². The van der Waals surface area contributed by atoms with Gasteiger partial charge in [-0.15, -0.1) is 0 Å². The maximum absolute atomic E-state index is 12.3. The Balaban J connectivity index is 2.66. The van der Waals surface area contributed by atoms with Crippen LogP contribution in [-0.4, -0.2) is 29.9 Å². The summed E-state index contributed by atoms with van der Waals surface area (Å²) in [5.41, 5.74) is 8.28. The Bertz CT molecular complexity index is 459. The SMILES string of the molecule is CCCCN(CC(=O)Nc1cc(N)ccc1C)C(C)CC. The molecular formula is C17H29N3O. The molecule has 1 aromatic rings. The maximum atomic E-state index is 12.3. The number of benzene rings is 1. The second kappa shape index (κ2) is 8.67. The first-order valence-electron chi connectivity index (χ1n) is 7.87. The highest BCUT2D eigenvalue weighted by atomic mass is 16.2. The minimum absolute atomic E-state index is 0.0279. The van der Waals surface area contributed by atoms with E-state index in [1.807, 2.05) is 25.1 Å². The molecule has 4 nitrogen and oxygen atoms in total. The van der Waals surface area contributed by atoms with Crippen molar-refractivity contribution in [3.8, 4) is 0 Å². The molecule has 0 aromatic heterocycles. The molecule has 21 heavy (non-hydrogen) atoms. The molecule has 1 rings (SSSR count). The lowest BCUT2D eigenvalue weighted by Crippen LogP contribution is -2.39. The Hall–Kier alpha value is -1.55. The maximum Gasteiger partial charge on any atom is 0.238 e. The summed E-state index contributed by atoms with van der Waals surface area (Å²) in [6, 6.07) is 6.00. The molecular weight excluding hydrogens is 262 g/mol. The number of carbonyl (C=O) groups excluding carboxylic acids is 1. The van der Waals surface area contributed by atoms with Crippen LogP contribution in [0.25, 0.3) is 0 Å². The van der Waals surface area contributed by atoms with Crippen LogP contribution in [0.3, 0.4) is 0 Å². The third-order valence-corrected chi connectivity index (χ3v) is 3.90. The number of nitrogen functional groups attached to an aromatic ring is 1. The molecule has 4 heteroatoms. The lowest BCUT2D eigenvalue weighted by atomic mass is 10.1. The van der Waals surface area contributed by atoms with Crippen LogP contribution in [0.2, 0.25) is 0 Å². The quantitative estimate of drug-likeness (QED) is 0.722. The van der Waals surface area contributed by atoms with E-state index in [2.05, 4.69) is 31.0 Å². The predicted octanol–water partition coefficient (Wildman–Crippen LogP) is 3.42. The lowest BCUT2D eigenvalue weighted by Gasteiger charge is -2.27. The van der Waals surface area contributed by atoms with Crippen LogP contribution in [0, 0.1) is 6.92 Å². The van der Waals surface area contributed by atoms with Gasteiger partial charge < -0.3 is 11.1 Å². The van der Waals surface area contributed by atoms with Gasteiger partial charge in [-0.05, 0) is 50.9 Å². The number of rotatable bonds is 8. The summed E-state index contributed by atoms with van der Waals surface area (Å²) < 4.78 is 0. The number of unbranched alkanes of at least 4 members (excludes halogenated alkanes) is 1. The molecule has 0 aliphatic carbocycles. The normalized spacial score (nSPS) is 12.4. The standard InChI is InChI=1S/C17H29N3O/c1-5-7-10-20(14(4)6-2)12-17(21)19-16-11-15(18)9-8-13(16)3/h8-9,11,14H,5-7,10,12,18H2,1-4H3,(H,19,21). The fourth-order valence-corrected chi connectivity index (χ4v) is 2.22. The van der Waals surface area contributed by atoms with Crippen LogP contribution in [0.4, 0.5) is 11.4 Å². The molecule has 118 valence electrons. The van der Waals surface area contributed by atoms with E-state index >= 15 is 0 Å². The van der Waals surface area contributed by atoms with E-state index in [0.717, 1.165) is 37.1 Å². The number of hydrogen-bond donors (Lipinski definition) is 2. The number of hydrogen-bond acceptors (Lipinski definition) is 3. The summed E-state index contributed by atoms with van der Waals surface area (Å²) in [4.78, 5) is 14.5. The number of nitrogens with one attached hydrogen (secondary N) is 1. The molecule has 0 bridgehead atoms. The molecule has 0 saturated carbocycles. The van der Waals surface area contributed by atoms with E-state index < -0.39 is 0 Å². The molecule has 1 amide bonds. The van der Waals surface area contributed by atoms with Crippen LogP contribution in [-0.2, 0) is 4.79 Å². The molecule has 1 aromatic carbocycles. The van der Waals surface area contributed by atoms with Crippen molar-refractivity contribution in [3.63, 3.8) is 0 Å². The Morgan fingerprint density at radius 2 is 2.10 bits per heavy atom. The Labute approximate surface area is 128 Å². The van der Waals surface area contributed by atoms with E-state index in [0.29, 0.717) is 18.3 Å². The van der Waals surface area contributed by atoms with Crippen molar-refractivity contribution >= 4 is 17.3 Å². The molecule has 1 atom stereocenters. The summed E-state index contributed by atoms with van der Waals surface area (Å²) in [6.45, 7) is 9.87. The molecule has 0 aliphatic heterocycles. The molecule has 1 unspecified atom stereocenters. The van der Waals surface area contributed by atoms with Gasteiger partial charge in [0.05, 0.1) is 6.54 Å². The zero-order chi connectivity index (χ0) is 15.8. The Morgan fingerprint density at radius 3 is 2.71 bits per heavy atom. The van der Waals surface area contributed by atoms with Crippen LogP contribution < -0.4 is 11.1 Å². The Kier molecular flexibility index (Phi) is 7.23. The van der Waals surface area contributed by atoms with Gasteiger partial charge in [0.25, 0.3) is 0 Å². The largest absolute Gasteiger partial charge is 0.399 e. The second-order valence-corrected chi connectivity index (χ2v) is 5.70.